The lowest BCUT2D eigenvalue weighted by Crippen LogP contribution is -1.93. The Morgan fingerprint density at radius 2 is 1.95 bits per heavy atom. The van der Waals surface area contributed by atoms with E-state index in [-0.39, 0.29) is 0 Å². The summed E-state index contributed by atoms with van der Waals surface area (Å²) >= 11 is 0. The van der Waals surface area contributed by atoms with E-state index in [1.165, 1.54) is 0 Å². The number of anilines is 1. The molecule has 5 nitrogen and oxygen atoms in total. The van der Waals surface area contributed by atoms with Crippen molar-refractivity contribution in [3.8, 4) is 5.75 Å². The number of rotatable bonds is 4. The number of hydrogen-bond donors (Lipinski definition) is 1. The molecule has 0 radical (unpaired) electrons. The Labute approximate surface area is 122 Å². The predicted molar refractivity (Wildman–Crippen MR) is 83.7 cm³/mol. The van der Waals surface area contributed by atoms with Crippen LogP contribution in [0.5, 0.6) is 5.75 Å². The lowest BCUT2D eigenvalue weighted by Gasteiger charge is -2.07. The first-order valence-corrected chi connectivity index (χ1v) is 6.49. The van der Waals surface area contributed by atoms with Crippen molar-refractivity contribution in [1.82, 2.24) is 9.97 Å². The summed E-state index contributed by atoms with van der Waals surface area (Å²) in [4.78, 5) is 8.30. The molecule has 0 saturated carbocycles. The van der Waals surface area contributed by atoms with Crippen LogP contribution in [0.15, 0.2) is 60.1 Å². The highest BCUT2D eigenvalue weighted by molar-refractivity contribution is 5.92. The molecule has 0 aliphatic heterocycles. The summed E-state index contributed by atoms with van der Waals surface area (Å²) in [5, 5.41) is 5.21. The molecule has 5 heteroatoms. The lowest BCUT2D eigenvalue weighted by molar-refractivity contribution is 0.415. The molecule has 0 atom stereocenters. The van der Waals surface area contributed by atoms with Gasteiger partial charge in [-0.15, -0.1) is 0 Å². The van der Waals surface area contributed by atoms with E-state index < -0.39 is 0 Å². The zero-order chi connectivity index (χ0) is 14.5. The van der Waals surface area contributed by atoms with E-state index in [1.54, 1.807) is 31.9 Å². The van der Waals surface area contributed by atoms with Crippen LogP contribution in [-0.4, -0.2) is 23.3 Å². The number of pyridine rings is 2. The van der Waals surface area contributed by atoms with Crippen molar-refractivity contribution in [1.29, 1.82) is 0 Å². The van der Waals surface area contributed by atoms with Crippen molar-refractivity contribution in [2.75, 3.05) is 12.5 Å². The van der Waals surface area contributed by atoms with Crippen molar-refractivity contribution in [3.63, 3.8) is 0 Å². The molecular weight excluding hydrogens is 264 g/mol. The lowest BCUT2D eigenvalue weighted by atomic mass is 10.2. The Kier molecular flexibility index (Phi) is 3.73. The largest absolute Gasteiger partial charge is 0.497 e. The van der Waals surface area contributed by atoms with Crippen LogP contribution in [0.25, 0.3) is 10.9 Å². The summed E-state index contributed by atoms with van der Waals surface area (Å²) in [5.74, 6) is 0.789. The second-order valence-corrected chi connectivity index (χ2v) is 4.39. The Balaban J connectivity index is 1.88. The smallest absolute Gasteiger partial charge is 0.119 e. The number of nitrogens with one attached hydrogen (secondary N) is 1. The van der Waals surface area contributed by atoms with E-state index in [2.05, 4.69) is 20.5 Å². The molecule has 0 aliphatic rings. The molecule has 0 spiro atoms. The van der Waals surface area contributed by atoms with Gasteiger partial charge in [-0.25, -0.2) is 0 Å². The fourth-order valence-electron chi connectivity index (χ4n) is 1.98. The minimum Gasteiger partial charge on any atom is -0.497 e. The second kappa shape index (κ2) is 6.00. The summed E-state index contributed by atoms with van der Waals surface area (Å²) in [7, 11) is 1.65. The molecule has 0 fully saturated rings. The number of methoxy groups -OCH3 is 1. The molecule has 1 aromatic carbocycles. The highest BCUT2D eigenvalue weighted by Crippen LogP contribution is 2.25. The molecule has 0 amide bonds. The number of nitrogens with zero attached hydrogens (tertiary/aromatic N) is 3. The van der Waals surface area contributed by atoms with Crippen LogP contribution in [0, 0.1) is 0 Å². The average Bonchev–Trinajstić information content (AvgIpc) is 2.55. The van der Waals surface area contributed by atoms with Crippen LogP contribution in [0.3, 0.4) is 0 Å². The Morgan fingerprint density at radius 1 is 1.10 bits per heavy atom. The van der Waals surface area contributed by atoms with Gasteiger partial charge in [0.2, 0.25) is 0 Å². The molecule has 2 heterocycles. The first-order valence-electron chi connectivity index (χ1n) is 6.49. The summed E-state index contributed by atoms with van der Waals surface area (Å²) in [5.41, 5.74) is 5.79. The molecule has 1 N–H and O–H groups in total. The normalized spacial score (nSPS) is 10.9. The molecule has 3 rings (SSSR count). The van der Waals surface area contributed by atoms with E-state index in [4.69, 9.17) is 4.74 Å². The monoisotopic (exact) mass is 278 g/mol. The number of benzene rings is 1. The standard InChI is InChI=1S/C16H14N4O/c1-21-13-2-3-15-14(10-13)16(6-9-18-15)20-19-11-12-4-7-17-8-5-12/h2-11H,1H3,(H,18,20). The number of fused-ring (bicyclic) bond motifs is 1. The van der Waals surface area contributed by atoms with Crippen molar-refractivity contribution < 1.29 is 4.74 Å². The van der Waals surface area contributed by atoms with Gasteiger partial charge in [0, 0.05) is 24.0 Å². The maximum atomic E-state index is 5.25. The molecule has 0 saturated heterocycles. The first kappa shape index (κ1) is 13.1. The SMILES string of the molecule is COc1ccc2nccc(NN=Cc3ccncc3)c2c1. The van der Waals surface area contributed by atoms with E-state index in [1.807, 2.05) is 36.4 Å². The maximum absolute atomic E-state index is 5.25. The van der Waals surface area contributed by atoms with Gasteiger partial charge in [0.15, 0.2) is 0 Å². The third kappa shape index (κ3) is 2.97. The Morgan fingerprint density at radius 3 is 2.76 bits per heavy atom. The molecule has 2 aromatic heterocycles. The molecule has 104 valence electrons. The van der Waals surface area contributed by atoms with Crippen molar-refractivity contribution in [2.24, 2.45) is 5.10 Å². The number of hydrazone groups is 1. The van der Waals surface area contributed by atoms with Crippen LogP contribution in [0.4, 0.5) is 5.69 Å². The molecule has 21 heavy (non-hydrogen) atoms. The van der Waals surface area contributed by atoms with Gasteiger partial charge in [0.1, 0.15) is 5.75 Å². The fourth-order valence-corrected chi connectivity index (χ4v) is 1.98. The average molecular weight is 278 g/mol. The highest BCUT2D eigenvalue weighted by Gasteiger charge is 2.02. The van der Waals surface area contributed by atoms with Crippen LogP contribution in [0.2, 0.25) is 0 Å². The van der Waals surface area contributed by atoms with Gasteiger partial charge in [-0.1, -0.05) is 0 Å². The predicted octanol–water partition coefficient (Wildman–Crippen LogP) is 3.08. The third-order valence-electron chi connectivity index (χ3n) is 3.05. The summed E-state index contributed by atoms with van der Waals surface area (Å²) in [6, 6.07) is 11.4. The van der Waals surface area contributed by atoms with Gasteiger partial charge in [-0.3, -0.25) is 15.4 Å². The van der Waals surface area contributed by atoms with Gasteiger partial charge in [0.05, 0.1) is 24.5 Å². The molecule has 3 aromatic rings. The highest BCUT2D eigenvalue weighted by atomic mass is 16.5. The Bertz CT molecular complexity index is 772. The Hall–Kier alpha value is -2.95. The van der Waals surface area contributed by atoms with Gasteiger partial charge >= 0.3 is 0 Å². The minimum atomic E-state index is 0.789. The van der Waals surface area contributed by atoms with Crippen LogP contribution < -0.4 is 10.2 Å². The summed E-state index contributed by atoms with van der Waals surface area (Å²) < 4.78 is 5.25. The van der Waals surface area contributed by atoms with E-state index in [9.17, 15) is 0 Å². The zero-order valence-electron chi connectivity index (χ0n) is 11.5. The van der Waals surface area contributed by atoms with Crippen molar-refractivity contribution >= 4 is 22.8 Å². The van der Waals surface area contributed by atoms with Crippen LogP contribution in [-0.2, 0) is 0 Å². The minimum absolute atomic E-state index is 0.789. The summed E-state index contributed by atoms with van der Waals surface area (Å²) in [6.45, 7) is 0. The third-order valence-corrected chi connectivity index (χ3v) is 3.05. The molecule has 0 bridgehead atoms. The van der Waals surface area contributed by atoms with Gasteiger partial charge in [0.25, 0.3) is 0 Å². The van der Waals surface area contributed by atoms with E-state index in [0.29, 0.717) is 0 Å². The molecule has 0 aliphatic carbocycles. The van der Waals surface area contributed by atoms with Crippen LogP contribution in [0.1, 0.15) is 5.56 Å². The van der Waals surface area contributed by atoms with Gasteiger partial charge < -0.3 is 4.74 Å². The second-order valence-electron chi connectivity index (χ2n) is 4.39. The quantitative estimate of drug-likeness (QED) is 0.588. The zero-order valence-corrected chi connectivity index (χ0v) is 11.5. The topological polar surface area (TPSA) is 59.4 Å². The van der Waals surface area contributed by atoms with Gasteiger partial charge in [-0.2, -0.15) is 5.10 Å². The van der Waals surface area contributed by atoms with Crippen molar-refractivity contribution in [2.45, 2.75) is 0 Å². The maximum Gasteiger partial charge on any atom is 0.119 e. The van der Waals surface area contributed by atoms with E-state index in [0.717, 1.165) is 27.9 Å². The molecular formula is C16H14N4O. The molecule has 0 unspecified atom stereocenters. The van der Waals surface area contributed by atoms with Crippen LogP contribution >= 0.6 is 0 Å². The van der Waals surface area contributed by atoms with Gasteiger partial charge in [-0.05, 0) is 42.0 Å². The number of aromatic nitrogens is 2. The first-order chi connectivity index (χ1) is 10.4. The summed E-state index contributed by atoms with van der Waals surface area (Å²) in [6.07, 6.45) is 6.95. The number of ether oxygens (including phenoxy) is 1. The van der Waals surface area contributed by atoms with E-state index >= 15 is 0 Å². The van der Waals surface area contributed by atoms with Crippen molar-refractivity contribution in [3.05, 3.63) is 60.6 Å². The fraction of sp³-hybridized carbons (Fsp3) is 0.0625. The number of hydrogen-bond acceptors (Lipinski definition) is 5.